The van der Waals surface area contributed by atoms with Gasteiger partial charge in [0.15, 0.2) is 5.65 Å². The fourth-order valence-corrected chi connectivity index (χ4v) is 2.52. The number of carbonyl (C=O) groups excluding carboxylic acids is 1. The molecule has 3 rings (SSSR count). The minimum atomic E-state index is -0.686. The molecule has 23 heavy (non-hydrogen) atoms. The zero-order valence-electron chi connectivity index (χ0n) is 12.7. The van der Waals surface area contributed by atoms with Gasteiger partial charge >= 0.3 is 5.97 Å². The van der Waals surface area contributed by atoms with Crippen LogP contribution < -0.4 is 5.73 Å². The molecule has 3 aromatic rings. The van der Waals surface area contributed by atoms with Gasteiger partial charge in [0, 0.05) is 11.8 Å². The Morgan fingerprint density at radius 1 is 1.39 bits per heavy atom. The maximum Gasteiger partial charge on any atom is 0.341 e. The van der Waals surface area contributed by atoms with Gasteiger partial charge in [0.2, 0.25) is 5.95 Å². The van der Waals surface area contributed by atoms with Crippen molar-refractivity contribution in [3.63, 3.8) is 0 Å². The molecule has 0 saturated heterocycles. The number of hydrogen-bond donors (Lipinski definition) is 1. The topological polar surface area (TPSA) is 82.5 Å². The van der Waals surface area contributed by atoms with Crippen molar-refractivity contribution in [1.82, 2.24) is 14.6 Å². The van der Waals surface area contributed by atoms with E-state index in [-0.39, 0.29) is 11.5 Å². The van der Waals surface area contributed by atoms with Crippen LogP contribution in [0.25, 0.3) is 16.8 Å². The van der Waals surface area contributed by atoms with Crippen LogP contribution in [-0.2, 0) is 11.2 Å². The maximum absolute atomic E-state index is 14.9. The first-order valence-electron chi connectivity index (χ1n) is 7.07. The van der Waals surface area contributed by atoms with Crippen LogP contribution in [0.1, 0.15) is 22.8 Å². The van der Waals surface area contributed by atoms with Crippen molar-refractivity contribution in [2.75, 3.05) is 12.8 Å². The van der Waals surface area contributed by atoms with Crippen molar-refractivity contribution in [3.05, 3.63) is 47.4 Å². The molecule has 2 heterocycles. The quantitative estimate of drug-likeness (QED) is 0.751. The number of hydrogen-bond acceptors (Lipinski definition) is 5. The average Bonchev–Trinajstić information content (AvgIpc) is 2.92. The Labute approximate surface area is 131 Å². The van der Waals surface area contributed by atoms with Gasteiger partial charge < -0.3 is 10.5 Å². The minimum absolute atomic E-state index is 0.0339. The highest BCUT2D eigenvalue weighted by molar-refractivity contribution is 5.93. The number of esters is 1. The van der Waals surface area contributed by atoms with E-state index in [0.29, 0.717) is 28.8 Å². The lowest BCUT2D eigenvalue weighted by Gasteiger charge is -2.11. The summed E-state index contributed by atoms with van der Waals surface area (Å²) in [4.78, 5) is 16.0. The van der Waals surface area contributed by atoms with Gasteiger partial charge in [-0.05, 0) is 29.7 Å². The number of benzene rings is 1. The van der Waals surface area contributed by atoms with Crippen LogP contribution in [0.4, 0.5) is 10.3 Å². The van der Waals surface area contributed by atoms with E-state index in [9.17, 15) is 9.18 Å². The van der Waals surface area contributed by atoms with E-state index in [0.717, 1.165) is 0 Å². The summed E-state index contributed by atoms with van der Waals surface area (Å²) in [6.45, 7) is 1.85. The van der Waals surface area contributed by atoms with Crippen molar-refractivity contribution in [2.45, 2.75) is 13.3 Å². The Morgan fingerprint density at radius 2 is 2.17 bits per heavy atom. The average molecular weight is 314 g/mol. The van der Waals surface area contributed by atoms with Crippen LogP contribution >= 0.6 is 0 Å². The Hall–Kier alpha value is -2.96. The SMILES string of the molecule is CCc1ccc(-c2ccn3nc(N)nc3c2)c(F)c1C(=O)OC. The first-order chi connectivity index (χ1) is 11.0. The lowest BCUT2D eigenvalue weighted by Crippen LogP contribution is -2.09. The fraction of sp³-hybridized carbons (Fsp3) is 0.188. The highest BCUT2D eigenvalue weighted by Crippen LogP contribution is 2.28. The van der Waals surface area contributed by atoms with E-state index in [2.05, 4.69) is 10.1 Å². The molecule has 2 N–H and O–H groups in total. The first kappa shape index (κ1) is 15.0. The number of halogens is 1. The first-order valence-corrected chi connectivity index (χ1v) is 7.07. The Kier molecular flexibility index (Phi) is 3.69. The second-order valence-electron chi connectivity index (χ2n) is 4.99. The number of aromatic nitrogens is 3. The van der Waals surface area contributed by atoms with Crippen LogP contribution in [0, 0.1) is 5.82 Å². The molecule has 0 aliphatic heterocycles. The predicted octanol–water partition coefficient (Wildman–Crippen LogP) is 2.47. The lowest BCUT2D eigenvalue weighted by atomic mass is 9.97. The van der Waals surface area contributed by atoms with Gasteiger partial charge in [0.1, 0.15) is 5.82 Å². The second-order valence-corrected chi connectivity index (χ2v) is 4.99. The van der Waals surface area contributed by atoms with Gasteiger partial charge in [-0.1, -0.05) is 19.1 Å². The molecule has 1 aromatic carbocycles. The molecule has 0 bridgehead atoms. The van der Waals surface area contributed by atoms with Crippen molar-refractivity contribution >= 4 is 17.6 Å². The maximum atomic E-state index is 14.9. The molecular weight excluding hydrogens is 299 g/mol. The number of fused-ring (bicyclic) bond motifs is 1. The Balaban J connectivity index is 2.19. The summed E-state index contributed by atoms with van der Waals surface area (Å²) < 4.78 is 21.1. The number of methoxy groups -OCH3 is 1. The number of nitrogens with zero attached hydrogens (tertiary/aromatic N) is 3. The van der Waals surface area contributed by atoms with E-state index in [1.165, 1.54) is 11.6 Å². The number of nitrogens with two attached hydrogens (primary N) is 1. The smallest absolute Gasteiger partial charge is 0.341 e. The summed E-state index contributed by atoms with van der Waals surface area (Å²) in [6.07, 6.45) is 2.17. The minimum Gasteiger partial charge on any atom is -0.465 e. The summed E-state index contributed by atoms with van der Waals surface area (Å²) >= 11 is 0. The predicted molar refractivity (Wildman–Crippen MR) is 83.5 cm³/mol. The van der Waals surface area contributed by atoms with Crippen LogP contribution in [0.5, 0.6) is 0 Å². The summed E-state index contributed by atoms with van der Waals surface area (Å²) in [7, 11) is 1.24. The molecule has 0 saturated carbocycles. The third-order valence-electron chi connectivity index (χ3n) is 3.66. The largest absolute Gasteiger partial charge is 0.465 e. The molecule has 118 valence electrons. The molecule has 0 unspecified atom stereocenters. The summed E-state index contributed by atoms with van der Waals surface area (Å²) in [5.74, 6) is -1.15. The molecule has 6 nitrogen and oxygen atoms in total. The van der Waals surface area contributed by atoms with E-state index in [4.69, 9.17) is 10.5 Å². The number of ether oxygens (including phenoxy) is 1. The number of pyridine rings is 1. The zero-order valence-corrected chi connectivity index (χ0v) is 12.7. The normalized spacial score (nSPS) is 10.9. The molecule has 0 atom stereocenters. The van der Waals surface area contributed by atoms with Gasteiger partial charge in [0.25, 0.3) is 0 Å². The van der Waals surface area contributed by atoms with E-state index < -0.39 is 11.8 Å². The van der Waals surface area contributed by atoms with Gasteiger partial charge in [-0.3, -0.25) is 0 Å². The Morgan fingerprint density at radius 3 is 2.87 bits per heavy atom. The van der Waals surface area contributed by atoms with Crippen molar-refractivity contribution in [3.8, 4) is 11.1 Å². The second kappa shape index (κ2) is 5.68. The van der Waals surface area contributed by atoms with Crippen LogP contribution in [-0.4, -0.2) is 27.7 Å². The number of rotatable bonds is 3. The molecule has 0 fully saturated rings. The summed E-state index contributed by atoms with van der Waals surface area (Å²) in [6, 6.07) is 6.72. The number of carbonyl (C=O) groups is 1. The van der Waals surface area contributed by atoms with E-state index in [1.807, 2.05) is 6.92 Å². The van der Waals surface area contributed by atoms with Gasteiger partial charge in [-0.2, -0.15) is 4.98 Å². The zero-order chi connectivity index (χ0) is 16.6. The van der Waals surface area contributed by atoms with Crippen molar-refractivity contribution < 1.29 is 13.9 Å². The number of anilines is 1. The lowest BCUT2D eigenvalue weighted by molar-refractivity contribution is 0.0594. The monoisotopic (exact) mass is 314 g/mol. The molecule has 0 spiro atoms. The molecular formula is C16H15FN4O2. The standard InChI is InChI=1S/C16H15FN4O2/c1-3-9-4-5-11(14(17)13(9)15(22)23-2)10-6-7-21-12(8-10)19-16(18)20-21/h4-8H,3H2,1-2H3,(H2,18,20). The molecule has 0 radical (unpaired) electrons. The highest BCUT2D eigenvalue weighted by atomic mass is 19.1. The van der Waals surface area contributed by atoms with Crippen molar-refractivity contribution in [1.29, 1.82) is 0 Å². The molecule has 7 heteroatoms. The fourth-order valence-electron chi connectivity index (χ4n) is 2.52. The number of aryl methyl sites for hydroxylation is 1. The highest BCUT2D eigenvalue weighted by Gasteiger charge is 2.21. The van der Waals surface area contributed by atoms with Crippen LogP contribution in [0.15, 0.2) is 30.5 Å². The third-order valence-corrected chi connectivity index (χ3v) is 3.66. The molecule has 2 aromatic heterocycles. The van der Waals surface area contributed by atoms with E-state index >= 15 is 0 Å². The molecule has 0 aliphatic carbocycles. The van der Waals surface area contributed by atoms with Crippen LogP contribution in [0.3, 0.4) is 0 Å². The summed E-state index contributed by atoms with van der Waals surface area (Å²) in [5, 5.41) is 3.97. The van der Waals surface area contributed by atoms with Crippen LogP contribution in [0.2, 0.25) is 0 Å². The molecule has 0 amide bonds. The van der Waals surface area contributed by atoms with Gasteiger partial charge in [-0.25, -0.2) is 13.7 Å². The Bertz CT molecular complexity index is 904. The molecule has 0 aliphatic rings. The third kappa shape index (κ3) is 2.50. The number of nitrogen functional groups attached to an aromatic ring is 1. The van der Waals surface area contributed by atoms with E-state index in [1.54, 1.807) is 30.5 Å². The summed E-state index contributed by atoms with van der Waals surface area (Å²) in [5.41, 5.74) is 7.49. The van der Waals surface area contributed by atoms with Gasteiger partial charge in [0.05, 0.1) is 12.7 Å². The van der Waals surface area contributed by atoms with Crippen molar-refractivity contribution in [2.24, 2.45) is 0 Å². The van der Waals surface area contributed by atoms with Gasteiger partial charge in [-0.15, -0.1) is 5.10 Å².